The van der Waals surface area contributed by atoms with Crippen molar-refractivity contribution in [3.05, 3.63) is 54.1 Å². The molecule has 3 rings (SSSR count). The largest absolute Gasteiger partial charge is 0.457 e. The molecule has 0 bridgehead atoms. The van der Waals surface area contributed by atoms with Crippen molar-refractivity contribution < 1.29 is 14.3 Å². The van der Waals surface area contributed by atoms with Gasteiger partial charge in [0.15, 0.2) is 0 Å². The lowest BCUT2D eigenvalue weighted by Gasteiger charge is -2.23. The molecule has 2 aromatic carbocycles. The molecule has 1 unspecified atom stereocenters. The molecule has 0 aliphatic carbocycles. The molecule has 1 fully saturated rings. The van der Waals surface area contributed by atoms with E-state index in [-0.39, 0.29) is 12.1 Å². The lowest BCUT2D eigenvalue weighted by atomic mass is 10.2. The van der Waals surface area contributed by atoms with Crippen LogP contribution in [0.3, 0.4) is 0 Å². The number of rotatable bonds is 4. The molecule has 128 valence electrons. The number of nitrogens with one attached hydrogen (secondary N) is 1. The van der Waals surface area contributed by atoms with Crippen LogP contribution in [0.1, 0.15) is 12.0 Å². The van der Waals surface area contributed by atoms with E-state index in [1.807, 2.05) is 0 Å². The van der Waals surface area contributed by atoms with E-state index < -0.39 is 0 Å². The normalized spacial score (nSPS) is 16.1. The van der Waals surface area contributed by atoms with E-state index in [0.717, 1.165) is 6.42 Å². The van der Waals surface area contributed by atoms with Crippen LogP contribution in [0.2, 0.25) is 0 Å². The zero-order valence-corrected chi connectivity index (χ0v) is 13.9. The molecular weight excluding hydrogens is 318 g/mol. The molecular formula is C19H19N3O3. The van der Waals surface area contributed by atoms with Gasteiger partial charge in [-0.3, -0.25) is 0 Å². The van der Waals surface area contributed by atoms with Crippen molar-refractivity contribution >= 4 is 11.7 Å². The maximum Gasteiger partial charge on any atom is 0.321 e. The Labute approximate surface area is 146 Å². The number of nitrogens with zero attached hydrogens (tertiary/aromatic N) is 2. The SMILES string of the molecule is CN(C(=O)Nc1ccc(Oc2ccc(C#N)cc2)cc1)C1CCOC1. The maximum absolute atomic E-state index is 12.2. The molecule has 1 atom stereocenters. The Morgan fingerprint density at radius 1 is 1.20 bits per heavy atom. The van der Waals surface area contributed by atoms with Gasteiger partial charge in [0, 0.05) is 19.3 Å². The van der Waals surface area contributed by atoms with E-state index in [1.165, 1.54) is 0 Å². The van der Waals surface area contributed by atoms with Crippen molar-refractivity contribution in [3.8, 4) is 17.6 Å². The lowest BCUT2D eigenvalue weighted by molar-refractivity contribution is 0.164. The fourth-order valence-corrected chi connectivity index (χ4v) is 2.54. The third-order valence-corrected chi connectivity index (χ3v) is 4.10. The van der Waals surface area contributed by atoms with Crippen molar-refractivity contribution in [2.75, 3.05) is 25.6 Å². The monoisotopic (exact) mass is 337 g/mol. The highest BCUT2D eigenvalue weighted by atomic mass is 16.5. The quantitative estimate of drug-likeness (QED) is 0.925. The number of carbonyl (C=O) groups is 1. The Kier molecular flexibility index (Phi) is 5.17. The molecule has 2 aromatic rings. The average molecular weight is 337 g/mol. The summed E-state index contributed by atoms with van der Waals surface area (Å²) in [6.45, 7) is 1.28. The molecule has 1 aliphatic rings. The number of urea groups is 1. The van der Waals surface area contributed by atoms with Crippen LogP contribution >= 0.6 is 0 Å². The molecule has 0 saturated carbocycles. The predicted molar refractivity (Wildman–Crippen MR) is 93.7 cm³/mol. The summed E-state index contributed by atoms with van der Waals surface area (Å²) in [5, 5.41) is 11.7. The van der Waals surface area contributed by atoms with E-state index in [4.69, 9.17) is 14.7 Å². The summed E-state index contributed by atoms with van der Waals surface area (Å²) in [4.78, 5) is 13.9. The topological polar surface area (TPSA) is 74.6 Å². The number of hydrogen-bond donors (Lipinski definition) is 1. The zero-order valence-electron chi connectivity index (χ0n) is 13.9. The summed E-state index contributed by atoms with van der Waals surface area (Å²) in [5.74, 6) is 1.30. The lowest BCUT2D eigenvalue weighted by Crippen LogP contribution is -2.40. The van der Waals surface area contributed by atoms with Crippen LogP contribution in [0, 0.1) is 11.3 Å². The highest BCUT2D eigenvalue weighted by Crippen LogP contribution is 2.23. The van der Waals surface area contributed by atoms with Crippen LogP contribution in [0.15, 0.2) is 48.5 Å². The van der Waals surface area contributed by atoms with Gasteiger partial charge in [-0.1, -0.05) is 0 Å². The van der Waals surface area contributed by atoms with E-state index in [0.29, 0.717) is 36.0 Å². The first-order chi connectivity index (χ1) is 12.2. The summed E-state index contributed by atoms with van der Waals surface area (Å²) >= 11 is 0. The van der Waals surface area contributed by atoms with Crippen molar-refractivity contribution in [1.82, 2.24) is 4.90 Å². The van der Waals surface area contributed by atoms with E-state index >= 15 is 0 Å². The number of hydrogen-bond acceptors (Lipinski definition) is 4. The minimum Gasteiger partial charge on any atom is -0.457 e. The summed E-state index contributed by atoms with van der Waals surface area (Å²) in [7, 11) is 1.77. The Balaban J connectivity index is 1.57. The number of nitriles is 1. The summed E-state index contributed by atoms with van der Waals surface area (Å²) in [5.41, 5.74) is 1.28. The second-order valence-corrected chi connectivity index (χ2v) is 5.82. The van der Waals surface area contributed by atoms with Gasteiger partial charge in [-0.05, 0) is 55.0 Å². The fraction of sp³-hybridized carbons (Fsp3) is 0.263. The maximum atomic E-state index is 12.2. The van der Waals surface area contributed by atoms with E-state index in [9.17, 15) is 4.79 Å². The van der Waals surface area contributed by atoms with E-state index in [1.54, 1.807) is 60.5 Å². The number of ether oxygens (including phenoxy) is 2. The summed E-state index contributed by atoms with van der Waals surface area (Å²) in [6, 6.07) is 16.1. The first-order valence-electron chi connectivity index (χ1n) is 8.05. The van der Waals surface area contributed by atoms with Gasteiger partial charge in [-0.25, -0.2) is 4.79 Å². The number of benzene rings is 2. The van der Waals surface area contributed by atoms with Crippen LogP contribution in [0.25, 0.3) is 0 Å². The Morgan fingerprint density at radius 2 is 1.84 bits per heavy atom. The Bertz CT molecular complexity index is 760. The van der Waals surface area contributed by atoms with Gasteiger partial charge in [0.05, 0.1) is 24.3 Å². The molecule has 6 heteroatoms. The smallest absolute Gasteiger partial charge is 0.321 e. The minimum atomic E-state index is -0.156. The second kappa shape index (κ2) is 7.69. The first kappa shape index (κ1) is 16.8. The molecule has 6 nitrogen and oxygen atoms in total. The molecule has 0 radical (unpaired) electrons. The van der Waals surface area contributed by atoms with Gasteiger partial charge in [-0.2, -0.15) is 5.26 Å². The van der Waals surface area contributed by atoms with Crippen molar-refractivity contribution in [2.24, 2.45) is 0 Å². The standard InChI is InChI=1S/C19H19N3O3/c1-22(16-10-11-24-13-16)19(23)21-15-4-8-18(9-5-15)25-17-6-2-14(12-20)3-7-17/h2-9,16H,10-11,13H2,1H3,(H,21,23). The summed E-state index contributed by atoms with van der Waals surface area (Å²) in [6.07, 6.45) is 0.862. The molecule has 25 heavy (non-hydrogen) atoms. The third kappa shape index (κ3) is 4.28. The Morgan fingerprint density at radius 3 is 2.40 bits per heavy atom. The molecule has 1 heterocycles. The Hall–Kier alpha value is -3.04. The molecule has 0 spiro atoms. The first-order valence-corrected chi connectivity index (χ1v) is 8.05. The van der Waals surface area contributed by atoms with Crippen molar-refractivity contribution in [1.29, 1.82) is 5.26 Å². The van der Waals surface area contributed by atoms with Crippen LogP contribution in [0.4, 0.5) is 10.5 Å². The van der Waals surface area contributed by atoms with Crippen molar-refractivity contribution in [3.63, 3.8) is 0 Å². The van der Waals surface area contributed by atoms with Gasteiger partial charge in [-0.15, -0.1) is 0 Å². The van der Waals surface area contributed by atoms with Gasteiger partial charge in [0.2, 0.25) is 0 Å². The van der Waals surface area contributed by atoms with E-state index in [2.05, 4.69) is 11.4 Å². The number of anilines is 1. The number of amides is 2. The molecule has 1 N–H and O–H groups in total. The third-order valence-electron chi connectivity index (χ3n) is 4.10. The fourth-order valence-electron chi connectivity index (χ4n) is 2.54. The van der Waals surface area contributed by atoms with Gasteiger partial charge in [0.25, 0.3) is 0 Å². The molecule has 1 aliphatic heterocycles. The van der Waals surface area contributed by atoms with Crippen LogP contribution in [-0.4, -0.2) is 37.2 Å². The van der Waals surface area contributed by atoms with Crippen LogP contribution in [0.5, 0.6) is 11.5 Å². The molecule has 2 amide bonds. The van der Waals surface area contributed by atoms with Gasteiger partial charge in [0.1, 0.15) is 11.5 Å². The van der Waals surface area contributed by atoms with Crippen LogP contribution < -0.4 is 10.1 Å². The highest BCUT2D eigenvalue weighted by Gasteiger charge is 2.24. The number of likely N-dealkylation sites (N-methyl/N-ethyl adjacent to an activating group) is 1. The number of carbonyl (C=O) groups excluding carboxylic acids is 1. The van der Waals surface area contributed by atoms with Crippen molar-refractivity contribution in [2.45, 2.75) is 12.5 Å². The van der Waals surface area contributed by atoms with Gasteiger partial charge >= 0.3 is 6.03 Å². The highest BCUT2D eigenvalue weighted by molar-refractivity contribution is 5.89. The molecule has 1 saturated heterocycles. The molecule has 0 aromatic heterocycles. The summed E-state index contributed by atoms with van der Waals surface area (Å²) < 4.78 is 11.0. The zero-order chi connectivity index (χ0) is 17.6. The van der Waals surface area contributed by atoms with Gasteiger partial charge < -0.3 is 19.7 Å². The minimum absolute atomic E-state index is 0.124. The predicted octanol–water partition coefficient (Wildman–Crippen LogP) is 3.60. The second-order valence-electron chi connectivity index (χ2n) is 5.82. The average Bonchev–Trinajstić information content (AvgIpc) is 3.18. The van der Waals surface area contributed by atoms with Crippen LogP contribution in [-0.2, 0) is 4.74 Å².